The Morgan fingerprint density at radius 2 is 2.00 bits per heavy atom. The number of likely N-dealkylation sites (N-methyl/N-ethyl adjacent to an activating group) is 2. The van der Waals surface area contributed by atoms with Crippen molar-refractivity contribution in [2.75, 3.05) is 14.1 Å². The van der Waals surface area contributed by atoms with Crippen LogP contribution >= 0.6 is 0 Å². The van der Waals surface area contributed by atoms with E-state index in [2.05, 4.69) is 34.0 Å². The first-order valence-electron chi connectivity index (χ1n) is 8.51. The molecule has 1 amide bonds. The molecule has 8 heteroatoms. The SMILES string of the molecule is Cc1nnc2n1CC(C(=O)N(C)Cc1cnc(C(C)C)nc1)N(C)C2. The Kier molecular flexibility index (Phi) is 4.80. The summed E-state index contributed by atoms with van der Waals surface area (Å²) < 4.78 is 2.02. The summed E-state index contributed by atoms with van der Waals surface area (Å²) >= 11 is 0. The largest absolute Gasteiger partial charge is 0.340 e. The van der Waals surface area contributed by atoms with E-state index >= 15 is 0 Å². The van der Waals surface area contributed by atoms with E-state index in [0.29, 0.717) is 25.6 Å². The van der Waals surface area contributed by atoms with E-state index < -0.39 is 0 Å². The van der Waals surface area contributed by atoms with Crippen LogP contribution in [0.2, 0.25) is 0 Å². The van der Waals surface area contributed by atoms with Gasteiger partial charge in [0, 0.05) is 37.5 Å². The standard InChI is InChI=1S/C17H25N7O/c1-11(2)16-18-6-13(7-19-16)8-23(5)17(25)14-9-24-12(3)20-21-15(24)10-22(14)4/h6-7,11,14H,8-10H2,1-5H3. The van der Waals surface area contributed by atoms with Crippen LogP contribution < -0.4 is 0 Å². The van der Waals surface area contributed by atoms with Crippen LogP contribution in [-0.4, -0.2) is 60.6 Å². The molecule has 3 rings (SSSR count). The predicted octanol–water partition coefficient (Wildman–Crippen LogP) is 0.973. The van der Waals surface area contributed by atoms with Gasteiger partial charge < -0.3 is 9.47 Å². The van der Waals surface area contributed by atoms with Gasteiger partial charge in [-0.2, -0.15) is 0 Å². The van der Waals surface area contributed by atoms with Gasteiger partial charge in [0.2, 0.25) is 5.91 Å². The molecular weight excluding hydrogens is 318 g/mol. The van der Waals surface area contributed by atoms with Crippen LogP contribution in [0.4, 0.5) is 0 Å². The molecule has 3 heterocycles. The number of amides is 1. The van der Waals surface area contributed by atoms with Gasteiger partial charge in [-0.25, -0.2) is 9.97 Å². The normalized spacial score (nSPS) is 17.6. The topological polar surface area (TPSA) is 80.0 Å². The number of carbonyl (C=O) groups is 1. The minimum atomic E-state index is -0.219. The summed E-state index contributed by atoms with van der Waals surface area (Å²) in [6, 6.07) is -0.219. The molecular formula is C17H25N7O. The van der Waals surface area contributed by atoms with Gasteiger partial charge in [0.05, 0.1) is 13.1 Å². The van der Waals surface area contributed by atoms with Crippen molar-refractivity contribution in [3.63, 3.8) is 0 Å². The van der Waals surface area contributed by atoms with Gasteiger partial charge in [-0.15, -0.1) is 10.2 Å². The van der Waals surface area contributed by atoms with Gasteiger partial charge in [-0.05, 0) is 14.0 Å². The Hall–Kier alpha value is -2.35. The monoisotopic (exact) mass is 343 g/mol. The molecule has 2 aromatic rings. The minimum Gasteiger partial charge on any atom is -0.340 e. The first-order valence-corrected chi connectivity index (χ1v) is 8.51. The Balaban J connectivity index is 1.69. The third-order valence-corrected chi connectivity index (χ3v) is 4.61. The summed E-state index contributed by atoms with van der Waals surface area (Å²) in [7, 11) is 3.77. The van der Waals surface area contributed by atoms with E-state index in [0.717, 1.165) is 23.0 Å². The molecule has 0 saturated carbocycles. The molecule has 0 radical (unpaired) electrons. The van der Waals surface area contributed by atoms with Crippen LogP contribution in [0.5, 0.6) is 0 Å². The van der Waals surface area contributed by atoms with Crippen molar-refractivity contribution < 1.29 is 4.79 Å². The highest BCUT2D eigenvalue weighted by Crippen LogP contribution is 2.18. The van der Waals surface area contributed by atoms with Gasteiger partial charge in [0.15, 0.2) is 0 Å². The van der Waals surface area contributed by atoms with Crippen LogP contribution in [0.3, 0.4) is 0 Å². The number of hydrogen-bond acceptors (Lipinski definition) is 6. The lowest BCUT2D eigenvalue weighted by molar-refractivity contribution is -0.137. The van der Waals surface area contributed by atoms with E-state index in [1.807, 2.05) is 30.5 Å². The Morgan fingerprint density at radius 1 is 1.32 bits per heavy atom. The molecule has 134 valence electrons. The lowest BCUT2D eigenvalue weighted by Crippen LogP contribution is -2.50. The predicted molar refractivity (Wildman–Crippen MR) is 92.6 cm³/mol. The first-order chi connectivity index (χ1) is 11.9. The number of aryl methyl sites for hydroxylation is 1. The second-order valence-electron chi connectivity index (χ2n) is 7.00. The van der Waals surface area contributed by atoms with Crippen molar-refractivity contribution in [2.45, 2.75) is 52.4 Å². The molecule has 0 aromatic carbocycles. The molecule has 0 aliphatic carbocycles. The van der Waals surface area contributed by atoms with Crippen molar-refractivity contribution in [2.24, 2.45) is 0 Å². The average Bonchev–Trinajstić information content (AvgIpc) is 2.94. The van der Waals surface area contributed by atoms with E-state index in [1.165, 1.54) is 0 Å². The fourth-order valence-electron chi connectivity index (χ4n) is 3.04. The molecule has 1 aliphatic heterocycles. The average molecular weight is 343 g/mol. The molecule has 25 heavy (non-hydrogen) atoms. The summed E-state index contributed by atoms with van der Waals surface area (Å²) in [5.41, 5.74) is 0.930. The molecule has 8 nitrogen and oxygen atoms in total. The number of hydrogen-bond donors (Lipinski definition) is 0. The van der Waals surface area contributed by atoms with Gasteiger partial charge in [-0.3, -0.25) is 9.69 Å². The van der Waals surface area contributed by atoms with Crippen molar-refractivity contribution in [1.29, 1.82) is 0 Å². The second kappa shape index (κ2) is 6.87. The number of nitrogens with zero attached hydrogens (tertiary/aromatic N) is 7. The summed E-state index contributed by atoms with van der Waals surface area (Å²) in [5.74, 6) is 2.95. The van der Waals surface area contributed by atoms with Gasteiger partial charge in [0.1, 0.15) is 23.5 Å². The molecule has 2 aromatic heterocycles. The second-order valence-corrected chi connectivity index (χ2v) is 7.00. The summed E-state index contributed by atoms with van der Waals surface area (Å²) in [4.78, 5) is 25.4. The molecule has 0 fully saturated rings. The van der Waals surface area contributed by atoms with Crippen LogP contribution in [0, 0.1) is 6.92 Å². The fraction of sp³-hybridized carbons (Fsp3) is 0.588. The quantitative estimate of drug-likeness (QED) is 0.823. The lowest BCUT2D eigenvalue weighted by Gasteiger charge is -2.34. The molecule has 0 spiro atoms. The zero-order valence-electron chi connectivity index (χ0n) is 15.5. The van der Waals surface area contributed by atoms with Crippen LogP contribution in [0.15, 0.2) is 12.4 Å². The maximum absolute atomic E-state index is 12.9. The molecule has 1 unspecified atom stereocenters. The molecule has 1 aliphatic rings. The lowest BCUT2D eigenvalue weighted by atomic mass is 10.1. The zero-order chi connectivity index (χ0) is 18.1. The number of fused-ring (bicyclic) bond motifs is 1. The highest BCUT2D eigenvalue weighted by atomic mass is 16.2. The van der Waals surface area contributed by atoms with E-state index in [9.17, 15) is 4.79 Å². The van der Waals surface area contributed by atoms with Crippen molar-refractivity contribution in [1.82, 2.24) is 34.5 Å². The summed E-state index contributed by atoms with van der Waals surface area (Å²) in [6.45, 7) is 7.74. The molecule has 0 saturated heterocycles. The Bertz CT molecular complexity index is 753. The number of rotatable bonds is 4. The maximum Gasteiger partial charge on any atom is 0.241 e. The third-order valence-electron chi connectivity index (χ3n) is 4.61. The molecule has 0 bridgehead atoms. The van der Waals surface area contributed by atoms with Crippen LogP contribution in [0.1, 0.15) is 42.8 Å². The van der Waals surface area contributed by atoms with Crippen LogP contribution in [0.25, 0.3) is 0 Å². The number of carbonyl (C=O) groups excluding carboxylic acids is 1. The Labute approximate surface area is 147 Å². The fourth-order valence-corrected chi connectivity index (χ4v) is 3.04. The van der Waals surface area contributed by atoms with Gasteiger partial charge in [-0.1, -0.05) is 13.8 Å². The van der Waals surface area contributed by atoms with E-state index in [1.54, 1.807) is 17.3 Å². The van der Waals surface area contributed by atoms with Gasteiger partial charge >= 0.3 is 0 Å². The first kappa shape index (κ1) is 17.5. The van der Waals surface area contributed by atoms with Gasteiger partial charge in [0.25, 0.3) is 0 Å². The molecule has 0 N–H and O–H groups in total. The maximum atomic E-state index is 12.9. The smallest absolute Gasteiger partial charge is 0.241 e. The van der Waals surface area contributed by atoms with E-state index in [-0.39, 0.29) is 11.9 Å². The number of aromatic nitrogens is 5. The Morgan fingerprint density at radius 3 is 2.64 bits per heavy atom. The van der Waals surface area contributed by atoms with E-state index in [4.69, 9.17) is 0 Å². The minimum absolute atomic E-state index is 0.0780. The molecule has 1 atom stereocenters. The van der Waals surface area contributed by atoms with Crippen molar-refractivity contribution in [3.8, 4) is 0 Å². The van der Waals surface area contributed by atoms with Crippen LogP contribution in [-0.2, 0) is 24.4 Å². The summed E-state index contributed by atoms with van der Waals surface area (Å²) in [5, 5.41) is 8.27. The highest BCUT2D eigenvalue weighted by molar-refractivity contribution is 5.81. The zero-order valence-corrected chi connectivity index (χ0v) is 15.5. The third kappa shape index (κ3) is 3.53. The van der Waals surface area contributed by atoms with Crippen molar-refractivity contribution in [3.05, 3.63) is 35.4 Å². The highest BCUT2D eigenvalue weighted by Gasteiger charge is 2.32. The summed E-state index contributed by atoms with van der Waals surface area (Å²) in [6.07, 6.45) is 3.61. The van der Waals surface area contributed by atoms with Crippen molar-refractivity contribution >= 4 is 5.91 Å².